The van der Waals surface area contributed by atoms with Crippen LogP contribution in [0.3, 0.4) is 0 Å². The molecule has 0 aliphatic rings. The smallest absolute Gasteiger partial charge is 0.140 e. The molecule has 0 spiro atoms. The molecule has 1 N–H and O–H groups in total. The molecule has 2 rings (SSSR count). The van der Waals surface area contributed by atoms with Crippen molar-refractivity contribution >= 4 is 0 Å². The Morgan fingerprint density at radius 3 is 2.80 bits per heavy atom. The Balaban J connectivity index is 2.16. The van der Waals surface area contributed by atoms with E-state index >= 15 is 0 Å². The molecule has 5 heteroatoms. The highest BCUT2D eigenvalue weighted by Crippen LogP contribution is 2.28. The second-order valence-corrected chi connectivity index (χ2v) is 4.89. The zero-order chi connectivity index (χ0) is 14.5. The van der Waals surface area contributed by atoms with Crippen molar-refractivity contribution in [3.05, 3.63) is 41.5 Å². The quantitative estimate of drug-likeness (QED) is 0.878. The van der Waals surface area contributed by atoms with Gasteiger partial charge in [0.1, 0.15) is 17.9 Å². The second kappa shape index (κ2) is 6.52. The van der Waals surface area contributed by atoms with Gasteiger partial charge in [-0.1, -0.05) is 24.6 Å². The SMILES string of the molecule is CCC(NCc1ncnn1C)c1cc(C)ccc1OC. The van der Waals surface area contributed by atoms with Gasteiger partial charge in [-0.3, -0.25) is 4.68 Å². The van der Waals surface area contributed by atoms with E-state index in [2.05, 4.69) is 41.4 Å². The van der Waals surface area contributed by atoms with Crippen LogP contribution < -0.4 is 10.1 Å². The fourth-order valence-corrected chi connectivity index (χ4v) is 2.29. The molecule has 108 valence electrons. The lowest BCUT2D eigenvalue weighted by molar-refractivity contribution is 0.395. The number of aryl methyl sites for hydroxylation is 2. The number of nitrogens with one attached hydrogen (secondary N) is 1. The highest BCUT2D eigenvalue weighted by atomic mass is 16.5. The van der Waals surface area contributed by atoms with Crippen LogP contribution in [0, 0.1) is 6.92 Å². The van der Waals surface area contributed by atoms with Crippen LogP contribution in [0.2, 0.25) is 0 Å². The van der Waals surface area contributed by atoms with E-state index in [1.807, 2.05) is 13.1 Å². The predicted octanol–water partition coefficient (Wildman–Crippen LogP) is 2.37. The summed E-state index contributed by atoms with van der Waals surface area (Å²) in [5.41, 5.74) is 2.43. The predicted molar refractivity (Wildman–Crippen MR) is 78.6 cm³/mol. The van der Waals surface area contributed by atoms with E-state index < -0.39 is 0 Å². The number of hydrogen-bond donors (Lipinski definition) is 1. The molecule has 5 nitrogen and oxygen atoms in total. The summed E-state index contributed by atoms with van der Waals surface area (Å²) >= 11 is 0. The van der Waals surface area contributed by atoms with E-state index in [9.17, 15) is 0 Å². The number of hydrogen-bond acceptors (Lipinski definition) is 4. The lowest BCUT2D eigenvalue weighted by atomic mass is 10.0. The van der Waals surface area contributed by atoms with Crippen molar-refractivity contribution in [3.8, 4) is 5.75 Å². The molecule has 1 aromatic carbocycles. The minimum absolute atomic E-state index is 0.238. The van der Waals surface area contributed by atoms with Crippen molar-refractivity contribution in [1.29, 1.82) is 0 Å². The number of methoxy groups -OCH3 is 1. The fourth-order valence-electron chi connectivity index (χ4n) is 2.29. The third kappa shape index (κ3) is 3.17. The van der Waals surface area contributed by atoms with Crippen molar-refractivity contribution in [1.82, 2.24) is 20.1 Å². The van der Waals surface area contributed by atoms with Gasteiger partial charge in [-0.05, 0) is 19.4 Å². The van der Waals surface area contributed by atoms with Crippen molar-refractivity contribution in [2.24, 2.45) is 7.05 Å². The molecule has 0 bridgehead atoms. The van der Waals surface area contributed by atoms with Gasteiger partial charge >= 0.3 is 0 Å². The molecule has 0 aliphatic carbocycles. The molecule has 0 radical (unpaired) electrons. The highest BCUT2D eigenvalue weighted by molar-refractivity contribution is 5.39. The van der Waals surface area contributed by atoms with Gasteiger partial charge < -0.3 is 10.1 Å². The van der Waals surface area contributed by atoms with Crippen molar-refractivity contribution < 1.29 is 4.74 Å². The first-order valence-corrected chi connectivity index (χ1v) is 6.86. The van der Waals surface area contributed by atoms with E-state index in [0.29, 0.717) is 6.54 Å². The summed E-state index contributed by atoms with van der Waals surface area (Å²) in [6, 6.07) is 6.51. The Morgan fingerprint density at radius 1 is 1.40 bits per heavy atom. The molecule has 20 heavy (non-hydrogen) atoms. The maximum atomic E-state index is 5.47. The molecular weight excluding hydrogens is 252 g/mol. The molecular formula is C15H22N4O. The zero-order valence-corrected chi connectivity index (χ0v) is 12.6. The maximum Gasteiger partial charge on any atom is 0.140 e. The monoisotopic (exact) mass is 274 g/mol. The lowest BCUT2D eigenvalue weighted by Gasteiger charge is -2.20. The van der Waals surface area contributed by atoms with Crippen LogP contribution in [0.4, 0.5) is 0 Å². The Labute approximate surface area is 120 Å². The van der Waals surface area contributed by atoms with Crippen LogP contribution in [0.1, 0.15) is 36.3 Å². The number of ether oxygens (including phenoxy) is 1. The van der Waals surface area contributed by atoms with Crippen molar-refractivity contribution in [2.45, 2.75) is 32.9 Å². The Bertz CT molecular complexity index is 565. The van der Waals surface area contributed by atoms with E-state index in [1.54, 1.807) is 18.1 Å². The molecule has 0 fully saturated rings. The minimum atomic E-state index is 0.238. The van der Waals surface area contributed by atoms with Crippen LogP contribution >= 0.6 is 0 Å². The summed E-state index contributed by atoms with van der Waals surface area (Å²) < 4.78 is 7.26. The van der Waals surface area contributed by atoms with Gasteiger partial charge in [0.05, 0.1) is 13.7 Å². The van der Waals surface area contributed by atoms with E-state index in [0.717, 1.165) is 18.0 Å². The van der Waals surface area contributed by atoms with Gasteiger partial charge in [0, 0.05) is 18.7 Å². The number of aromatic nitrogens is 3. The lowest BCUT2D eigenvalue weighted by Crippen LogP contribution is -2.22. The first-order valence-electron chi connectivity index (χ1n) is 6.86. The summed E-state index contributed by atoms with van der Waals surface area (Å²) in [6.45, 7) is 4.94. The number of benzene rings is 1. The average molecular weight is 274 g/mol. The normalized spacial score (nSPS) is 12.4. The third-order valence-electron chi connectivity index (χ3n) is 3.48. The maximum absolute atomic E-state index is 5.47. The zero-order valence-electron chi connectivity index (χ0n) is 12.6. The third-order valence-corrected chi connectivity index (χ3v) is 3.48. The molecule has 0 amide bonds. The Morgan fingerprint density at radius 2 is 2.20 bits per heavy atom. The van der Waals surface area contributed by atoms with Crippen molar-refractivity contribution in [3.63, 3.8) is 0 Å². The molecule has 1 heterocycles. The van der Waals surface area contributed by atoms with Gasteiger partial charge in [-0.15, -0.1) is 0 Å². The number of rotatable bonds is 6. The van der Waals surface area contributed by atoms with Gasteiger partial charge in [-0.2, -0.15) is 5.10 Å². The fraction of sp³-hybridized carbons (Fsp3) is 0.467. The molecule has 1 unspecified atom stereocenters. The molecule has 2 aromatic rings. The summed E-state index contributed by atoms with van der Waals surface area (Å²) in [4.78, 5) is 4.23. The van der Waals surface area contributed by atoms with Crippen molar-refractivity contribution in [2.75, 3.05) is 7.11 Å². The molecule has 1 aromatic heterocycles. The largest absolute Gasteiger partial charge is 0.496 e. The highest BCUT2D eigenvalue weighted by Gasteiger charge is 2.15. The Hall–Kier alpha value is -1.88. The summed E-state index contributed by atoms with van der Waals surface area (Å²) in [5.74, 6) is 1.85. The molecule has 0 aliphatic heterocycles. The molecule has 1 atom stereocenters. The van der Waals surface area contributed by atoms with E-state index in [1.165, 1.54) is 11.1 Å². The Kier molecular flexibility index (Phi) is 4.74. The molecule has 0 saturated heterocycles. The first kappa shape index (κ1) is 14.5. The van der Waals surface area contributed by atoms with Crippen LogP contribution in [-0.2, 0) is 13.6 Å². The summed E-state index contributed by atoms with van der Waals surface area (Å²) in [7, 11) is 3.61. The molecule has 0 saturated carbocycles. The summed E-state index contributed by atoms with van der Waals surface area (Å²) in [6.07, 6.45) is 2.56. The van der Waals surface area contributed by atoms with Gasteiger partial charge in [0.2, 0.25) is 0 Å². The van der Waals surface area contributed by atoms with Crippen LogP contribution in [0.15, 0.2) is 24.5 Å². The number of nitrogens with zero attached hydrogens (tertiary/aromatic N) is 3. The average Bonchev–Trinajstić information content (AvgIpc) is 2.85. The van der Waals surface area contributed by atoms with Crippen LogP contribution in [0.25, 0.3) is 0 Å². The second-order valence-electron chi connectivity index (χ2n) is 4.89. The van der Waals surface area contributed by atoms with Gasteiger partial charge in [-0.25, -0.2) is 4.98 Å². The standard InChI is InChI=1S/C15H22N4O/c1-5-13(16-9-15-17-10-18-19(15)3)12-8-11(2)6-7-14(12)20-4/h6-8,10,13,16H,5,9H2,1-4H3. The van der Waals surface area contributed by atoms with Gasteiger partial charge in [0.15, 0.2) is 0 Å². The van der Waals surface area contributed by atoms with E-state index in [4.69, 9.17) is 4.74 Å². The van der Waals surface area contributed by atoms with Crippen LogP contribution in [0.5, 0.6) is 5.75 Å². The topological polar surface area (TPSA) is 52.0 Å². The van der Waals surface area contributed by atoms with Gasteiger partial charge in [0.25, 0.3) is 0 Å². The first-order chi connectivity index (χ1) is 9.65. The van der Waals surface area contributed by atoms with E-state index in [-0.39, 0.29) is 6.04 Å². The van der Waals surface area contributed by atoms with Crippen LogP contribution in [-0.4, -0.2) is 21.9 Å². The minimum Gasteiger partial charge on any atom is -0.496 e. The summed E-state index contributed by atoms with van der Waals surface area (Å²) in [5, 5.41) is 7.61.